The molecular formula is C80H61Br2F12N7O18S5. The van der Waals surface area contributed by atoms with Gasteiger partial charge in [0, 0.05) is 56.6 Å². The van der Waals surface area contributed by atoms with Crippen LogP contribution < -0.4 is 35.2 Å². The van der Waals surface area contributed by atoms with E-state index in [1.54, 1.807) is 44.2 Å². The van der Waals surface area contributed by atoms with Gasteiger partial charge in [0.25, 0.3) is 6.43 Å². The molecule has 9 aromatic carbocycles. The summed E-state index contributed by atoms with van der Waals surface area (Å²) < 4.78 is 318. The van der Waals surface area contributed by atoms with Gasteiger partial charge in [0.2, 0.25) is 74.2 Å². The number of benzene rings is 9. The Morgan fingerprint density at radius 3 is 1.20 bits per heavy atom. The molecule has 0 aromatic heterocycles. The number of ether oxygens (including phenoxy) is 5. The Labute approximate surface area is 716 Å². The summed E-state index contributed by atoms with van der Waals surface area (Å²) in [7, 11) is -22.2. The number of halogens is 14. The molecule has 0 saturated carbocycles. The molecule has 7 unspecified atom stereocenters. The highest BCUT2D eigenvalue weighted by atomic mass is 79.9. The van der Waals surface area contributed by atoms with Crippen molar-refractivity contribution in [2.24, 2.45) is 11.5 Å². The van der Waals surface area contributed by atoms with Crippen LogP contribution in [0.3, 0.4) is 0 Å². The van der Waals surface area contributed by atoms with Crippen LogP contribution in [-0.2, 0) is 60.4 Å². The van der Waals surface area contributed by atoms with Crippen molar-refractivity contribution < 1.29 is 134 Å². The van der Waals surface area contributed by atoms with E-state index in [0.29, 0.717) is 23.5 Å². The summed E-state index contributed by atoms with van der Waals surface area (Å²) in [6.45, 7) is 9.34. The topological polar surface area (TPSA) is 449 Å². The lowest BCUT2D eigenvalue weighted by Crippen LogP contribution is -2.44. The van der Waals surface area contributed by atoms with E-state index in [1.807, 2.05) is 6.07 Å². The highest BCUT2D eigenvalue weighted by Crippen LogP contribution is 2.59. The van der Waals surface area contributed by atoms with Crippen molar-refractivity contribution in [2.75, 3.05) is 0 Å². The van der Waals surface area contributed by atoms with Crippen molar-refractivity contribution in [3.63, 3.8) is 0 Å². The van der Waals surface area contributed by atoms with Gasteiger partial charge in [-0.3, -0.25) is 0 Å². The normalized spacial score (nSPS) is 25.2. The summed E-state index contributed by atoms with van der Waals surface area (Å²) in [6, 6.07) is 29.6. The zero-order chi connectivity index (χ0) is 93.0. The predicted octanol–water partition coefficient (Wildman–Crippen LogP) is 16.7. The van der Waals surface area contributed by atoms with Crippen molar-refractivity contribution >= 4 is 81.0 Å². The molecule has 9 aromatic rings. The van der Waals surface area contributed by atoms with Crippen LogP contribution in [0.2, 0.25) is 0 Å². The molecule has 10 atom stereocenters. The van der Waals surface area contributed by atoms with Crippen molar-refractivity contribution in [1.82, 2.24) is 0 Å². The number of aliphatic hydroxyl groups excluding tert-OH is 1. The third kappa shape index (κ3) is 15.8. The van der Waals surface area contributed by atoms with E-state index in [-0.39, 0.29) is 110 Å². The first kappa shape index (κ1) is 95.3. The van der Waals surface area contributed by atoms with Crippen molar-refractivity contribution in [1.29, 1.82) is 26.3 Å². The molecule has 14 rings (SSSR count). The molecule has 25 nitrogen and oxygen atoms in total. The number of rotatable bonds is 11. The Kier molecular flexibility index (Phi) is 25.5. The van der Waals surface area contributed by atoms with Gasteiger partial charge in [0.1, 0.15) is 121 Å². The monoisotopic (exact) mass is 1950 g/mol. The molecule has 0 amide bonds. The van der Waals surface area contributed by atoms with Crippen molar-refractivity contribution in [3.8, 4) is 82.1 Å². The Hall–Kier alpha value is -10.9. The highest BCUT2D eigenvalue weighted by molar-refractivity contribution is 9.11. The summed E-state index contributed by atoms with van der Waals surface area (Å²) >= 11 is 6.38. The molecule has 5 aliphatic heterocycles. The molecule has 652 valence electrons. The molecule has 0 saturated heterocycles. The first-order valence-electron chi connectivity index (χ1n) is 35.1. The number of alkyl halides is 7. The minimum absolute atomic E-state index is 0.00437. The second-order valence-electron chi connectivity index (χ2n) is 28.9. The van der Waals surface area contributed by atoms with Gasteiger partial charge in [-0.2, -0.15) is 26.3 Å². The molecule has 0 fully saturated rings. The van der Waals surface area contributed by atoms with Crippen molar-refractivity contribution in [3.05, 3.63) is 233 Å². The maximum Gasteiger partial charge on any atom is 0.267 e. The fourth-order valence-electron chi connectivity index (χ4n) is 13.4. The summed E-state index contributed by atoms with van der Waals surface area (Å²) in [5.41, 5.74) is 3.25. The van der Waals surface area contributed by atoms with E-state index in [9.17, 15) is 126 Å². The molecule has 0 spiro atoms. The van der Waals surface area contributed by atoms with E-state index >= 15 is 0 Å². The van der Waals surface area contributed by atoms with Gasteiger partial charge >= 0.3 is 0 Å². The van der Waals surface area contributed by atoms with Gasteiger partial charge in [-0.1, -0.05) is 15.9 Å². The highest BCUT2D eigenvalue weighted by Gasteiger charge is 2.67. The van der Waals surface area contributed by atoms with Crippen LogP contribution in [0.15, 0.2) is 167 Å². The van der Waals surface area contributed by atoms with E-state index in [4.69, 9.17) is 45.7 Å². The van der Waals surface area contributed by atoms with E-state index in [2.05, 4.69) is 31.9 Å². The quantitative estimate of drug-likeness (QED) is 0.0751. The molecule has 0 aliphatic carbocycles. The lowest BCUT2D eigenvalue weighted by Gasteiger charge is -2.28. The number of nitrogens with two attached hydrogens (primary N) is 2. The van der Waals surface area contributed by atoms with Gasteiger partial charge in [-0.25, -0.2) is 94.8 Å². The molecule has 5 heterocycles. The fraction of sp³-hybridized carbons (Fsp3) is 0.263. The molecule has 0 radical (unpaired) electrons. The molecular weight excluding hydrogens is 1900 g/mol. The van der Waals surface area contributed by atoms with Crippen LogP contribution in [0.1, 0.15) is 148 Å². The van der Waals surface area contributed by atoms with Crippen LogP contribution in [0.25, 0.3) is 0 Å². The average molecular weight is 1960 g/mol. The number of aliphatic hydroxyl groups is 3. The maximum absolute atomic E-state index is 14.9. The Morgan fingerprint density at radius 1 is 0.411 bits per heavy atom. The van der Waals surface area contributed by atoms with Crippen molar-refractivity contribution in [2.45, 2.75) is 154 Å². The third-order valence-corrected chi connectivity index (χ3v) is 33.1. The first-order chi connectivity index (χ1) is 57.1. The molecule has 5 aliphatic rings. The second-order valence-corrected chi connectivity index (χ2v) is 41.8. The molecule has 0 bridgehead atoms. The van der Waals surface area contributed by atoms with Crippen LogP contribution in [0.4, 0.5) is 52.7 Å². The fourth-order valence-corrected chi connectivity index (χ4v) is 23.3. The van der Waals surface area contributed by atoms with Gasteiger partial charge in [-0.05, 0) is 187 Å². The maximum atomic E-state index is 14.9. The number of hydrogen-bond donors (Lipinski definition) is 5. The Bertz CT molecular complexity index is 6820. The summed E-state index contributed by atoms with van der Waals surface area (Å²) in [5.74, 6) is -5.42. The molecule has 7 N–H and O–H groups in total. The Morgan fingerprint density at radius 2 is 0.774 bits per heavy atom. The number of nitriles is 5. The Balaban J connectivity index is 0.000000163. The number of sulfone groups is 5. The largest absolute Gasteiger partial charge is 0.490 e. The second kappa shape index (κ2) is 33.2. The number of fused-ring (bicyclic) bond motifs is 5. The smallest absolute Gasteiger partial charge is 0.267 e. The summed E-state index contributed by atoms with van der Waals surface area (Å²) in [5, 5.41) is 62.5. The van der Waals surface area contributed by atoms with Crippen LogP contribution in [-0.4, -0.2) is 88.5 Å². The average Bonchev–Trinajstić information content (AvgIpc) is 1.55. The summed E-state index contributed by atoms with van der Waals surface area (Å²) in [6.07, 6.45) is -5.95. The lowest BCUT2D eigenvalue weighted by molar-refractivity contribution is -0.0355. The minimum Gasteiger partial charge on any atom is -0.490 e. The van der Waals surface area contributed by atoms with Gasteiger partial charge in [-0.15, -0.1) is 0 Å². The zero-order valence-electron chi connectivity index (χ0n) is 64.8. The lowest BCUT2D eigenvalue weighted by atomic mass is 9.88. The summed E-state index contributed by atoms with van der Waals surface area (Å²) in [4.78, 5) is -2.22. The van der Waals surface area contributed by atoms with Crippen LogP contribution >= 0.6 is 31.9 Å². The molecule has 44 heteroatoms. The number of hydrogen-bond acceptors (Lipinski definition) is 25. The van der Waals surface area contributed by atoms with Crippen LogP contribution in [0.5, 0.6) is 51.7 Å². The number of nitrogens with zero attached hydrogens (tertiary/aromatic N) is 5. The van der Waals surface area contributed by atoms with Gasteiger partial charge < -0.3 is 50.5 Å². The van der Waals surface area contributed by atoms with Gasteiger partial charge in [0.05, 0.1) is 76.0 Å². The van der Waals surface area contributed by atoms with Crippen LogP contribution in [0, 0.1) is 85.7 Å². The van der Waals surface area contributed by atoms with E-state index < -0.39 is 177 Å². The van der Waals surface area contributed by atoms with E-state index in [1.165, 1.54) is 54.6 Å². The first-order valence-corrected chi connectivity index (χ1v) is 44.1. The predicted molar refractivity (Wildman–Crippen MR) is 419 cm³/mol. The third-order valence-electron chi connectivity index (χ3n) is 20.5. The minimum atomic E-state index is -4.71. The standard InChI is InChI=1S/C18H12F2N2O4S.C17H11F2N3O3S.C16H11F5O4S.C15H11Br2F2NO3S.C14H16FNO4S/c1-17(23)16-13(9-22)14(3-4-15(16)27(24,25)18(17,2)20)26-12-6-10(8-21)5-11(19)7-12;1-17(19)16(22)15-12(8-21)13(2-3-14(15)26(17,23)24)25-11-5-9(7-20)4-10(18)6-11;1-16(21)14(22)13-11(26(16,23)24)5-4-10(12(13)15(19)20)25-7-2-3-8(17)9(18)6-7;1-15(19)14(20)12-11(24(15,21)22)3-2-10(13(12)17)23-9-5-7(16)4-8(18)6-9;1-8(2)20-10-5-6-11-12(9(10)7-16)13(3,17)14(4,15)21(11,18)19/h3-7,23H,1-2H3;2-6,16H,22H2,1H3;2-6,14-15,22H,1H3;2-6,14H,20H2,1H3;5-6,8,17H,1-4H3/t17-,18?;;14-,16?;14-,15?;/m1.11./s1. The molecule has 124 heavy (non-hydrogen) atoms. The zero-order valence-corrected chi connectivity index (χ0v) is 72.0. The van der Waals surface area contributed by atoms with E-state index in [0.717, 1.165) is 102 Å². The SMILES string of the molecule is CC(C)Oc1ccc2c(c1C#N)C(C)(O)C(C)(F)S2(=O)=O.CC1(F)C(N)c2c(ccc(Oc3cc(F)cc(C#N)c3)c2C#N)S1(=O)=O.CC1(F)[C@H](N)c2c(ccc(Oc3cc(F)cc(Br)c3)c2Br)S1(=O)=O.CC1(F)[C@H](O)c2c(ccc(Oc3ccc(F)c(F)c3)c2C(F)F)S1(=O)=O.CC1(F)[C@](C)(O)c2c(ccc(Oc3cc(F)cc(C#N)c3)c2C#N)S1(=O)=O. The van der Waals surface area contributed by atoms with Gasteiger partial charge in [0.15, 0.2) is 11.6 Å².